The van der Waals surface area contributed by atoms with Crippen molar-refractivity contribution in [3.63, 3.8) is 0 Å². The molecule has 0 spiro atoms. The fourth-order valence-electron chi connectivity index (χ4n) is 1.78. The summed E-state index contributed by atoms with van der Waals surface area (Å²) in [6, 6.07) is 5.29. The quantitative estimate of drug-likeness (QED) is 0.885. The van der Waals surface area contributed by atoms with Crippen LogP contribution < -0.4 is 10.6 Å². The van der Waals surface area contributed by atoms with Crippen LogP contribution in [-0.4, -0.2) is 19.3 Å². The maximum Gasteiger partial charge on any atom is 0.405 e. The minimum Gasteiger partial charge on any atom is -0.363 e. The van der Waals surface area contributed by atoms with Crippen molar-refractivity contribution >= 4 is 5.69 Å². The number of halogens is 3. The van der Waals surface area contributed by atoms with E-state index in [1.807, 2.05) is 6.07 Å². The van der Waals surface area contributed by atoms with Gasteiger partial charge in [-0.15, -0.1) is 0 Å². The Balaban J connectivity index is 2.96. The number of hydrogen-bond donors (Lipinski definition) is 1. The molecule has 0 aromatic heterocycles. The van der Waals surface area contributed by atoms with Gasteiger partial charge in [0.15, 0.2) is 0 Å². The summed E-state index contributed by atoms with van der Waals surface area (Å²) < 4.78 is 37.2. The minimum atomic E-state index is -4.19. The summed E-state index contributed by atoms with van der Waals surface area (Å²) in [5, 5.41) is 0. The minimum absolute atomic E-state index is 0.322. The first-order chi connectivity index (χ1) is 7.87. The Hall–Kier alpha value is -1.23. The highest BCUT2D eigenvalue weighted by Gasteiger charge is 2.30. The number of rotatable bonds is 4. The topological polar surface area (TPSA) is 29.3 Å². The highest BCUT2D eigenvalue weighted by molar-refractivity contribution is 5.54. The van der Waals surface area contributed by atoms with Gasteiger partial charge in [0.2, 0.25) is 0 Å². The van der Waals surface area contributed by atoms with E-state index in [9.17, 15) is 13.2 Å². The lowest BCUT2D eigenvalue weighted by Gasteiger charge is -2.26. The smallest absolute Gasteiger partial charge is 0.363 e. The van der Waals surface area contributed by atoms with E-state index in [0.29, 0.717) is 18.8 Å². The molecule has 0 saturated heterocycles. The van der Waals surface area contributed by atoms with Crippen LogP contribution in [0.25, 0.3) is 0 Å². The van der Waals surface area contributed by atoms with Gasteiger partial charge in [0.1, 0.15) is 6.54 Å². The summed E-state index contributed by atoms with van der Waals surface area (Å²) in [6.45, 7) is 3.30. The SMILES string of the molecule is CCN(CC(F)(F)F)c1ccc(CN)cc1C. The fourth-order valence-corrected chi connectivity index (χ4v) is 1.78. The maximum absolute atomic E-state index is 12.4. The van der Waals surface area contributed by atoms with Gasteiger partial charge in [-0.1, -0.05) is 12.1 Å². The van der Waals surface area contributed by atoms with Gasteiger partial charge in [-0.25, -0.2) is 0 Å². The number of aryl methyl sites for hydroxylation is 1. The number of nitrogens with two attached hydrogens (primary N) is 1. The predicted molar refractivity (Wildman–Crippen MR) is 63.0 cm³/mol. The molecule has 2 nitrogen and oxygen atoms in total. The second-order valence-corrected chi connectivity index (χ2v) is 3.95. The summed E-state index contributed by atoms with van der Waals surface area (Å²) in [5.41, 5.74) is 7.84. The van der Waals surface area contributed by atoms with Crippen LogP contribution in [0.4, 0.5) is 18.9 Å². The Morgan fingerprint density at radius 2 is 1.94 bits per heavy atom. The van der Waals surface area contributed by atoms with Gasteiger partial charge in [-0.3, -0.25) is 0 Å². The predicted octanol–water partition coefficient (Wildman–Crippen LogP) is 2.84. The summed E-state index contributed by atoms with van der Waals surface area (Å²) in [4.78, 5) is 1.32. The Kier molecular flexibility index (Phi) is 4.40. The Morgan fingerprint density at radius 1 is 1.29 bits per heavy atom. The van der Waals surface area contributed by atoms with Crippen LogP contribution in [0, 0.1) is 6.92 Å². The number of hydrogen-bond acceptors (Lipinski definition) is 2. The first kappa shape index (κ1) is 13.8. The van der Waals surface area contributed by atoms with E-state index < -0.39 is 12.7 Å². The molecule has 0 bridgehead atoms. The number of anilines is 1. The largest absolute Gasteiger partial charge is 0.405 e. The van der Waals surface area contributed by atoms with Crippen molar-refractivity contribution in [3.05, 3.63) is 29.3 Å². The average Bonchev–Trinajstić information content (AvgIpc) is 2.24. The first-order valence-corrected chi connectivity index (χ1v) is 5.48. The molecule has 0 heterocycles. The van der Waals surface area contributed by atoms with Crippen LogP contribution in [-0.2, 0) is 6.54 Å². The second-order valence-electron chi connectivity index (χ2n) is 3.95. The molecule has 96 valence electrons. The van der Waals surface area contributed by atoms with Gasteiger partial charge in [0.25, 0.3) is 0 Å². The molecular weight excluding hydrogens is 229 g/mol. The van der Waals surface area contributed by atoms with Gasteiger partial charge >= 0.3 is 6.18 Å². The van der Waals surface area contributed by atoms with E-state index in [0.717, 1.165) is 11.1 Å². The molecule has 2 N–H and O–H groups in total. The van der Waals surface area contributed by atoms with Crippen molar-refractivity contribution in [2.24, 2.45) is 5.73 Å². The zero-order valence-corrected chi connectivity index (χ0v) is 10.0. The van der Waals surface area contributed by atoms with Crippen molar-refractivity contribution in [3.8, 4) is 0 Å². The van der Waals surface area contributed by atoms with Gasteiger partial charge in [-0.05, 0) is 31.0 Å². The molecule has 0 atom stereocenters. The maximum atomic E-state index is 12.4. The van der Waals surface area contributed by atoms with Gasteiger partial charge in [0.05, 0.1) is 0 Å². The first-order valence-electron chi connectivity index (χ1n) is 5.48. The summed E-state index contributed by atoms with van der Waals surface area (Å²) >= 11 is 0. The van der Waals surface area contributed by atoms with E-state index in [1.54, 1.807) is 26.0 Å². The molecule has 0 fully saturated rings. The second kappa shape index (κ2) is 5.40. The van der Waals surface area contributed by atoms with Crippen LogP contribution in [0.1, 0.15) is 18.1 Å². The summed E-state index contributed by atoms with van der Waals surface area (Å²) in [7, 11) is 0. The molecule has 1 aromatic rings. The van der Waals surface area contributed by atoms with Crippen molar-refractivity contribution in [1.82, 2.24) is 0 Å². The number of benzene rings is 1. The third kappa shape index (κ3) is 3.93. The van der Waals surface area contributed by atoms with Crippen LogP contribution in [0.2, 0.25) is 0 Å². The van der Waals surface area contributed by atoms with E-state index >= 15 is 0 Å². The fraction of sp³-hybridized carbons (Fsp3) is 0.500. The molecule has 1 aromatic carbocycles. The van der Waals surface area contributed by atoms with Crippen molar-refractivity contribution in [2.75, 3.05) is 18.0 Å². The monoisotopic (exact) mass is 246 g/mol. The Labute approximate surface area is 99.2 Å². The summed E-state index contributed by atoms with van der Waals surface area (Å²) in [6.07, 6.45) is -4.19. The third-order valence-electron chi connectivity index (χ3n) is 2.59. The number of nitrogens with zero attached hydrogens (tertiary/aromatic N) is 1. The standard InChI is InChI=1S/C12H17F3N2/c1-3-17(8-12(13,14)15)11-5-4-10(7-16)6-9(11)2/h4-6H,3,7-8,16H2,1-2H3. The van der Waals surface area contributed by atoms with Crippen molar-refractivity contribution in [2.45, 2.75) is 26.6 Å². The van der Waals surface area contributed by atoms with E-state index in [1.165, 1.54) is 4.90 Å². The van der Waals surface area contributed by atoms with Crippen LogP contribution in [0.5, 0.6) is 0 Å². The highest BCUT2D eigenvalue weighted by atomic mass is 19.4. The molecule has 17 heavy (non-hydrogen) atoms. The molecular formula is C12H17F3N2. The highest BCUT2D eigenvalue weighted by Crippen LogP contribution is 2.25. The molecule has 1 rings (SSSR count). The van der Waals surface area contributed by atoms with E-state index in [-0.39, 0.29) is 0 Å². The van der Waals surface area contributed by atoms with Crippen molar-refractivity contribution in [1.29, 1.82) is 0 Å². The lowest BCUT2D eigenvalue weighted by atomic mass is 10.1. The molecule has 0 saturated carbocycles. The molecule has 0 unspecified atom stereocenters. The molecule has 5 heteroatoms. The summed E-state index contributed by atoms with van der Waals surface area (Å²) in [5.74, 6) is 0. The lowest BCUT2D eigenvalue weighted by molar-refractivity contribution is -0.119. The zero-order valence-electron chi connectivity index (χ0n) is 10.0. The van der Waals surface area contributed by atoms with Gasteiger partial charge < -0.3 is 10.6 Å². The van der Waals surface area contributed by atoms with Gasteiger partial charge in [0, 0.05) is 18.8 Å². The molecule has 0 aliphatic rings. The Morgan fingerprint density at radius 3 is 2.35 bits per heavy atom. The molecule has 0 aliphatic carbocycles. The Bertz CT molecular complexity index is 375. The third-order valence-corrected chi connectivity index (χ3v) is 2.59. The van der Waals surface area contributed by atoms with E-state index in [4.69, 9.17) is 5.73 Å². The molecule has 0 amide bonds. The zero-order chi connectivity index (χ0) is 13.1. The number of alkyl halides is 3. The van der Waals surface area contributed by atoms with Crippen molar-refractivity contribution < 1.29 is 13.2 Å². The molecule has 0 aliphatic heterocycles. The lowest BCUT2D eigenvalue weighted by Crippen LogP contribution is -2.34. The van der Waals surface area contributed by atoms with Gasteiger partial charge in [-0.2, -0.15) is 13.2 Å². The molecule has 0 radical (unpaired) electrons. The van der Waals surface area contributed by atoms with Crippen LogP contribution in [0.3, 0.4) is 0 Å². The van der Waals surface area contributed by atoms with E-state index in [2.05, 4.69) is 0 Å². The normalized spacial score (nSPS) is 11.6. The van der Waals surface area contributed by atoms with Crippen LogP contribution in [0.15, 0.2) is 18.2 Å². The average molecular weight is 246 g/mol. The van der Waals surface area contributed by atoms with Crippen LogP contribution >= 0.6 is 0 Å².